The van der Waals surface area contributed by atoms with Crippen LogP contribution in [-0.4, -0.2) is 47.9 Å². The number of ether oxygens (including phenoxy) is 1. The van der Waals surface area contributed by atoms with Crippen LogP contribution in [0.1, 0.15) is 5.56 Å². The molecule has 1 N–H and O–H groups in total. The third-order valence-electron chi connectivity index (χ3n) is 4.57. The Kier molecular flexibility index (Phi) is 5.53. The predicted octanol–water partition coefficient (Wildman–Crippen LogP) is 3.47. The number of halogens is 1. The fourth-order valence-electron chi connectivity index (χ4n) is 3.08. The molecule has 0 bridgehead atoms. The van der Waals surface area contributed by atoms with Gasteiger partial charge in [0.1, 0.15) is 12.4 Å². The lowest BCUT2D eigenvalue weighted by molar-refractivity contribution is -0.142. The second-order valence-electron chi connectivity index (χ2n) is 6.36. The molecule has 0 amide bonds. The van der Waals surface area contributed by atoms with Gasteiger partial charge in [0.15, 0.2) is 6.23 Å². The zero-order valence-corrected chi connectivity index (χ0v) is 17.3. The number of carbonyl (C=O) groups excluding carboxylic acids is 1. The Morgan fingerprint density at radius 3 is 2.76 bits per heavy atom. The van der Waals surface area contributed by atoms with Crippen LogP contribution in [0.5, 0.6) is 0 Å². The summed E-state index contributed by atoms with van der Waals surface area (Å²) in [6, 6.07) is 8.59. The molecule has 0 saturated carbocycles. The monoisotopic (exact) mass is 431 g/mol. The zero-order valence-electron chi connectivity index (χ0n) is 15.7. The second kappa shape index (κ2) is 8.10. The average molecular weight is 432 g/mol. The van der Waals surface area contributed by atoms with Gasteiger partial charge in [-0.3, -0.25) is 9.78 Å². The van der Waals surface area contributed by atoms with E-state index in [1.54, 1.807) is 23.4 Å². The molecule has 2 aliphatic rings. The van der Waals surface area contributed by atoms with Gasteiger partial charge in [0.25, 0.3) is 0 Å². The van der Waals surface area contributed by atoms with Crippen molar-refractivity contribution < 1.29 is 19.0 Å². The van der Waals surface area contributed by atoms with E-state index in [0.29, 0.717) is 14.8 Å². The minimum atomic E-state index is -1.05. The lowest BCUT2D eigenvalue weighted by Crippen LogP contribution is -2.34. The molecule has 4 rings (SSSR count). The molecule has 150 valence electrons. The summed E-state index contributed by atoms with van der Waals surface area (Å²) in [5, 5.41) is 12.4. The molecule has 1 atom stereocenters. The van der Waals surface area contributed by atoms with E-state index in [-0.39, 0.29) is 12.4 Å². The van der Waals surface area contributed by atoms with Crippen molar-refractivity contribution in [2.45, 2.75) is 11.1 Å². The van der Waals surface area contributed by atoms with E-state index in [1.807, 2.05) is 36.2 Å². The number of rotatable bonds is 3. The maximum absolute atomic E-state index is 14.3. The highest BCUT2D eigenvalue weighted by Gasteiger charge is 2.39. The summed E-state index contributed by atoms with van der Waals surface area (Å²) in [4.78, 5) is 20.5. The molecule has 1 saturated heterocycles. The minimum absolute atomic E-state index is 0.103. The van der Waals surface area contributed by atoms with Crippen LogP contribution in [0.25, 0.3) is 6.08 Å². The molecular weight excluding hydrogens is 413 g/mol. The highest BCUT2D eigenvalue weighted by atomic mass is 32.2. The lowest BCUT2D eigenvalue weighted by Gasteiger charge is -2.22. The van der Waals surface area contributed by atoms with Gasteiger partial charge in [0.2, 0.25) is 0 Å². The third-order valence-corrected chi connectivity index (χ3v) is 7.18. The van der Waals surface area contributed by atoms with Crippen molar-refractivity contribution in [2.24, 2.45) is 0 Å². The van der Waals surface area contributed by atoms with Crippen molar-refractivity contribution in [3.8, 4) is 0 Å². The normalized spacial score (nSPS) is 22.3. The third kappa shape index (κ3) is 3.73. The first kappa shape index (κ1) is 19.8. The number of esters is 1. The topological polar surface area (TPSA) is 65.9 Å². The van der Waals surface area contributed by atoms with Crippen molar-refractivity contribution in [1.29, 1.82) is 0 Å². The number of thioether (sulfide) groups is 2. The van der Waals surface area contributed by atoms with Crippen molar-refractivity contribution in [3.63, 3.8) is 0 Å². The zero-order chi connectivity index (χ0) is 20.5. The number of hydrogen-bond acceptors (Lipinski definition) is 8. The number of hydrogen-bond donors (Lipinski definition) is 1. The van der Waals surface area contributed by atoms with Gasteiger partial charge in [-0.2, -0.15) is 0 Å². The van der Waals surface area contributed by atoms with E-state index < -0.39 is 12.2 Å². The first-order chi connectivity index (χ1) is 14.0. The molecule has 6 nitrogen and oxygen atoms in total. The first-order valence-corrected chi connectivity index (χ1v) is 10.4. The van der Waals surface area contributed by atoms with Crippen LogP contribution in [-0.2, 0) is 9.53 Å². The van der Waals surface area contributed by atoms with E-state index in [4.69, 9.17) is 4.74 Å². The van der Waals surface area contributed by atoms with E-state index in [2.05, 4.69) is 4.98 Å². The van der Waals surface area contributed by atoms with Gasteiger partial charge in [-0.25, -0.2) is 4.39 Å². The number of pyridine rings is 1. The number of methoxy groups -OCH3 is 1. The Labute approximate surface area is 176 Å². The average Bonchev–Trinajstić information content (AvgIpc) is 3.21. The molecule has 1 fully saturated rings. The van der Waals surface area contributed by atoms with Crippen LogP contribution in [0, 0.1) is 5.82 Å². The maximum atomic E-state index is 14.3. The largest absolute Gasteiger partial charge is 0.468 e. The van der Waals surface area contributed by atoms with Gasteiger partial charge in [-0.1, -0.05) is 29.6 Å². The molecule has 29 heavy (non-hydrogen) atoms. The number of benzene rings is 1. The molecule has 0 spiro atoms. The molecular formula is C20H18FN3O3S2. The molecule has 1 aromatic carbocycles. The summed E-state index contributed by atoms with van der Waals surface area (Å²) >= 11 is 2.63. The summed E-state index contributed by atoms with van der Waals surface area (Å²) in [5.41, 5.74) is 1.63. The van der Waals surface area contributed by atoms with Crippen molar-refractivity contribution in [2.75, 3.05) is 25.6 Å². The molecule has 9 heteroatoms. The van der Waals surface area contributed by atoms with Gasteiger partial charge in [0, 0.05) is 19.4 Å². The Balaban J connectivity index is 1.74. The number of fused-ring (bicyclic) bond motifs is 1. The fraction of sp³-hybridized carbons (Fsp3) is 0.200. The molecule has 3 heterocycles. The van der Waals surface area contributed by atoms with E-state index >= 15 is 0 Å². The SMILES string of the molecule is COC(=O)CN1/C(=C/c2ccncc2)S/C(=C2/Sc3c(F)cccc3N2C)C1O. The van der Waals surface area contributed by atoms with Crippen LogP contribution in [0.15, 0.2) is 62.6 Å². The molecule has 0 aliphatic carbocycles. The van der Waals surface area contributed by atoms with Crippen LogP contribution in [0.4, 0.5) is 10.1 Å². The number of anilines is 1. The quantitative estimate of drug-likeness (QED) is 0.742. The number of nitrogens with zero attached hydrogens (tertiary/aromatic N) is 3. The van der Waals surface area contributed by atoms with Crippen molar-refractivity contribution in [1.82, 2.24) is 9.88 Å². The number of aromatic nitrogens is 1. The lowest BCUT2D eigenvalue weighted by atomic mass is 10.2. The predicted molar refractivity (Wildman–Crippen MR) is 112 cm³/mol. The van der Waals surface area contributed by atoms with Gasteiger partial charge in [0.05, 0.1) is 32.7 Å². The molecule has 2 aliphatic heterocycles. The minimum Gasteiger partial charge on any atom is -0.468 e. The highest BCUT2D eigenvalue weighted by Crippen LogP contribution is 2.53. The van der Waals surface area contributed by atoms with Gasteiger partial charge in [-0.15, -0.1) is 0 Å². The van der Waals surface area contributed by atoms with Crippen LogP contribution in [0.2, 0.25) is 0 Å². The van der Waals surface area contributed by atoms with E-state index in [9.17, 15) is 14.3 Å². The summed E-state index contributed by atoms with van der Waals surface area (Å²) in [6.45, 7) is -0.103. The standard InChI is InChI=1S/C20H18FN3O3S2/c1-23-14-5-3-4-13(21)17(14)29-20(23)18-19(26)24(11-16(25)27-2)15(28-18)10-12-6-8-22-9-7-12/h3-10,19,26H,11H2,1-2H3/b15-10-,20-18+. The number of aliphatic hydroxyl groups is 1. The highest BCUT2D eigenvalue weighted by molar-refractivity contribution is 8.09. The maximum Gasteiger partial charge on any atom is 0.325 e. The first-order valence-electron chi connectivity index (χ1n) is 8.75. The Morgan fingerprint density at radius 1 is 1.31 bits per heavy atom. The number of carbonyl (C=O) groups is 1. The Bertz CT molecular complexity index is 1010. The van der Waals surface area contributed by atoms with E-state index in [0.717, 1.165) is 16.3 Å². The second-order valence-corrected chi connectivity index (χ2v) is 8.42. The molecule has 1 aromatic heterocycles. The Morgan fingerprint density at radius 2 is 2.07 bits per heavy atom. The summed E-state index contributed by atoms with van der Waals surface area (Å²) in [7, 11) is 3.15. The van der Waals surface area contributed by atoms with Crippen LogP contribution in [0.3, 0.4) is 0 Å². The molecule has 2 aromatic rings. The van der Waals surface area contributed by atoms with Gasteiger partial charge in [-0.05, 0) is 35.9 Å². The van der Waals surface area contributed by atoms with Crippen LogP contribution >= 0.6 is 23.5 Å². The fourth-order valence-corrected chi connectivity index (χ4v) is 5.59. The van der Waals surface area contributed by atoms with E-state index in [1.165, 1.54) is 36.7 Å². The summed E-state index contributed by atoms with van der Waals surface area (Å²) < 4.78 is 19.0. The van der Waals surface area contributed by atoms with Crippen molar-refractivity contribution >= 4 is 41.3 Å². The van der Waals surface area contributed by atoms with Crippen molar-refractivity contribution in [3.05, 3.63) is 69.1 Å². The smallest absolute Gasteiger partial charge is 0.325 e. The molecule has 1 unspecified atom stereocenters. The molecule has 0 radical (unpaired) electrons. The van der Waals surface area contributed by atoms with Gasteiger partial charge < -0.3 is 19.6 Å². The number of aliphatic hydroxyl groups excluding tert-OH is 1. The van der Waals surface area contributed by atoms with Crippen LogP contribution < -0.4 is 4.90 Å². The van der Waals surface area contributed by atoms with Gasteiger partial charge >= 0.3 is 5.97 Å². The summed E-state index contributed by atoms with van der Waals surface area (Å²) in [6.07, 6.45) is 4.17. The Hall–Kier alpha value is -2.49. The summed E-state index contributed by atoms with van der Waals surface area (Å²) in [5.74, 6) is -0.760.